The zero-order chi connectivity index (χ0) is 10.3. The van der Waals surface area contributed by atoms with Crippen molar-refractivity contribution in [2.45, 2.75) is 26.7 Å². The highest BCUT2D eigenvalue weighted by Gasteiger charge is 2.20. The van der Waals surface area contributed by atoms with Crippen LogP contribution in [0, 0.1) is 0 Å². The van der Waals surface area contributed by atoms with Crippen molar-refractivity contribution >= 4 is 7.12 Å². The lowest BCUT2D eigenvalue weighted by Crippen LogP contribution is -2.19. The average Bonchev–Trinajstić information content (AvgIpc) is 2.20. The van der Waals surface area contributed by atoms with Gasteiger partial charge in [0.2, 0.25) is 0 Å². The van der Waals surface area contributed by atoms with Gasteiger partial charge in [0.1, 0.15) is 5.76 Å². The first-order valence-corrected chi connectivity index (χ1v) is 4.56. The van der Waals surface area contributed by atoms with Gasteiger partial charge in [-0.1, -0.05) is 19.9 Å². The third-order valence-electron chi connectivity index (χ3n) is 1.64. The molecule has 0 aromatic heterocycles. The average molecular weight is 184 g/mol. The molecule has 0 bridgehead atoms. The monoisotopic (exact) mass is 184 g/mol. The molecule has 0 radical (unpaired) electrons. The summed E-state index contributed by atoms with van der Waals surface area (Å²) >= 11 is 0. The van der Waals surface area contributed by atoms with Crippen LogP contribution in [-0.4, -0.2) is 24.3 Å². The molecule has 0 amide bonds. The first-order valence-electron chi connectivity index (χ1n) is 4.56. The van der Waals surface area contributed by atoms with Crippen LogP contribution in [0.5, 0.6) is 0 Å². The van der Waals surface area contributed by atoms with Crippen LogP contribution in [0.25, 0.3) is 0 Å². The number of hydrogen-bond donors (Lipinski definition) is 2. The third kappa shape index (κ3) is 3.66. The maximum absolute atomic E-state index is 8.85. The molecule has 0 heterocycles. The summed E-state index contributed by atoms with van der Waals surface area (Å²) < 4.78 is 4.94. The van der Waals surface area contributed by atoms with Crippen LogP contribution in [0.1, 0.15) is 26.7 Å². The maximum atomic E-state index is 8.85. The van der Waals surface area contributed by atoms with E-state index in [4.69, 9.17) is 14.8 Å². The quantitative estimate of drug-likeness (QED) is 0.635. The largest absolute Gasteiger partial charge is 0.497 e. The molecule has 1 aliphatic carbocycles. The molecule has 0 saturated heterocycles. The fourth-order valence-corrected chi connectivity index (χ4v) is 1.11. The van der Waals surface area contributed by atoms with Gasteiger partial charge in [-0.3, -0.25) is 0 Å². The van der Waals surface area contributed by atoms with Crippen molar-refractivity contribution in [2.24, 2.45) is 0 Å². The van der Waals surface area contributed by atoms with Crippen LogP contribution >= 0.6 is 0 Å². The summed E-state index contributed by atoms with van der Waals surface area (Å²) in [6, 6.07) is 0. The van der Waals surface area contributed by atoms with Crippen molar-refractivity contribution in [1.82, 2.24) is 0 Å². The van der Waals surface area contributed by atoms with E-state index in [1.165, 1.54) is 7.11 Å². The molecule has 74 valence electrons. The molecule has 4 heteroatoms. The highest BCUT2D eigenvalue weighted by molar-refractivity contribution is 6.52. The Morgan fingerprint density at radius 1 is 1.23 bits per heavy atom. The predicted octanol–water partition coefficient (Wildman–Crippen LogP) is 1.28. The molecule has 0 spiro atoms. The van der Waals surface area contributed by atoms with Crippen molar-refractivity contribution in [3.63, 3.8) is 0 Å². The van der Waals surface area contributed by atoms with Crippen molar-refractivity contribution in [3.05, 3.63) is 23.4 Å². The Morgan fingerprint density at radius 3 is 2.15 bits per heavy atom. The van der Waals surface area contributed by atoms with Crippen LogP contribution in [-0.2, 0) is 4.74 Å². The smallest absolute Gasteiger partial charge is 0.491 e. The number of rotatable bonds is 2. The van der Waals surface area contributed by atoms with Crippen molar-refractivity contribution in [3.8, 4) is 0 Å². The lowest BCUT2D eigenvalue weighted by Gasteiger charge is -2.13. The molecular formula is C9H17BO3. The molecular weight excluding hydrogens is 167 g/mol. The van der Waals surface area contributed by atoms with Crippen LogP contribution in [0.15, 0.2) is 23.4 Å². The van der Waals surface area contributed by atoms with Crippen molar-refractivity contribution in [1.29, 1.82) is 0 Å². The summed E-state index contributed by atoms with van der Waals surface area (Å²) in [4.78, 5) is 0. The Hall–Kier alpha value is -0.735. The number of allylic oxidation sites excluding steroid dienone is 3. The molecule has 0 aromatic carbocycles. The number of hydrogen-bond acceptors (Lipinski definition) is 3. The van der Waals surface area contributed by atoms with Gasteiger partial charge in [-0.15, -0.1) is 0 Å². The van der Waals surface area contributed by atoms with E-state index in [0.717, 1.165) is 12.8 Å². The van der Waals surface area contributed by atoms with E-state index >= 15 is 0 Å². The molecule has 3 nitrogen and oxygen atoms in total. The summed E-state index contributed by atoms with van der Waals surface area (Å²) in [5.41, 5.74) is 0.471. The standard InChI is InChI=1S/C7H11BO3.C2H6/c1-11-7-5-3-2-4-6(7)8(9)10;1-2/h4-5,9-10H,2-3H2,1H3;1-2H3. The Labute approximate surface area is 79.9 Å². The summed E-state index contributed by atoms with van der Waals surface area (Å²) in [7, 11) is 0.106. The van der Waals surface area contributed by atoms with E-state index in [2.05, 4.69) is 0 Å². The van der Waals surface area contributed by atoms with Gasteiger partial charge in [0.05, 0.1) is 7.11 Å². The summed E-state index contributed by atoms with van der Waals surface area (Å²) in [5, 5.41) is 17.7. The molecule has 2 N–H and O–H groups in total. The second kappa shape index (κ2) is 6.75. The minimum absolute atomic E-state index is 0.471. The second-order valence-electron chi connectivity index (χ2n) is 2.38. The van der Waals surface area contributed by atoms with E-state index in [9.17, 15) is 0 Å². The molecule has 0 atom stereocenters. The van der Waals surface area contributed by atoms with Gasteiger partial charge in [-0.05, 0) is 18.9 Å². The second-order valence-corrected chi connectivity index (χ2v) is 2.38. The van der Waals surface area contributed by atoms with Crippen molar-refractivity contribution < 1.29 is 14.8 Å². The Morgan fingerprint density at radius 2 is 1.77 bits per heavy atom. The Balaban J connectivity index is 0.000000671. The van der Waals surface area contributed by atoms with Gasteiger partial charge in [0.15, 0.2) is 0 Å². The summed E-state index contributed by atoms with van der Waals surface area (Å²) in [5.74, 6) is 0.575. The molecule has 0 saturated carbocycles. The van der Waals surface area contributed by atoms with Gasteiger partial charge in [0.25, 0.3) is 0 Å². The highest BCUT2D eigenvalue weighted by atomic mass is 16.5. The van der Waals surface area contributed by atoms with Gasteiger partial charge in [-0.25, -0.2) is 0 Å². The third-order valence-corrected chi connectivity index (χ3v) is 1.64. The van der Waals surface area contributed by atoms with Crippen LogP contribution < -0.4 is 0 Å². The molecule has 0 aromatic rings. The topological polar surface area (TPSA) is 49.7 Å². The van der Waals surface area contributed by atoms with Gasteiger partial charge < -0.3 is 14.8 Å². The molecule has 1 rings (SSSR count). The lowest BCUT2D eigenvalue weighted by molar-refractivity contribution is 0.295. The predicted molar refractivity (Wildman–Crippen MR) is 53.9 cm³/mol. The molecule has 0 fully saturated rings. The minimum Gasteiger partial charge on any atom is -0.497 e. The lowest BCUT2D eigenvalue weighted by atomic mass is 9.75. The van der Waals surface area contributed by atoms with E-state index in [1.54, 1.807) is 6.08 Å². The van der Waals surface area contributed by atoms with E-state index in [0.29, 0.717) is 11.2 Å². The van der Waals surface area contributed by atoms with E-state index in [1.807, 2.05) is 19.9 Å². The highest BCUT2D eigenvalue weighted by Crippen LogP contribution is 2.19. The first kappa shape index (κ1) is 12.3. The van der Waals surface area contributed by atoms with E-state index in [-0.39, 0.29) is 0 Å². The van der Waals surface area contributed by atoms with Crippen LogP contribution in [0.2, 0.25) is 0 Å². The van der Waals surface area contributed by atoms with Crippen LogP contribution in [0.4, 0.5) is 0 Å². The zero-order valence-electron chi connectivity index (χ0n) is 8.45. The summed E-state index contributed by atoms with van der Waals surface area (Å²) in [6.07, 6.45) is 5.39. The van der Waals surface area contributed by atoms with Crippen molar-refractivity contribution in [2.75, 3.05) is 7.11 Å². The molecule has 0 aliphatic heterocycles. The maximum Gasteiger partial charge on any atom is 0.491 e. The SMILES string of the molecule is CC.COC1=CCCC=C1B(O)O. The number of ether oxygens (including phenoxy) is 1. The molecule has 1 aliphatic rings. The Bertz CT molecular complexity index is 197. The molecule has 13 heavy (non-hydrogen) atoms. The van der Waals surface area contributed by atoms with E-state index < -0.39 is 7.12 Å². The summed E-state index contributed by atoms with van der Waals surface area (Å²) in [6.45, 7) is 4.00. The minimum atomic E-state index is -1.42. The zero-order valence-corrected chi connectivity index (χ0v) is 8.45. The fourth-order valence-electron chi connectivity index (χ4n) is 1.11. The van der Waals surface area contributed by atoms with Crippen LogP contribution in [0.3, 0.4) is 0 Å². The van der Waals surface area contributed by atoms with Gasteiger partial charge in [0, 0.05) is 5.47 Å². The first-order chi connectivity index (χ1) is 6.25. The van der Waals surface area contributed by atoms with Gasteiger partial charge in [-0.2, -0.15) is 0 Å². The normalized spacial score (nSPS) is 14.8. The Kier molecular flexibility index (Phi) is 6.36. The van der Waals surface area contributed by atoms with Gasteiger partial charge >= 0.3 is 7.12 Å². The number of methoxy groups -OCH3 is 1. The molecule has 0 unspecified atom stereocenters. The fraction of sp³-hybridized carbons (Fsp3) is 0.556.